The van der Waals surface area contributed by atoms with Gasteiger partial charge in [-0.3, -0.25) is 9.59 Å². The van der Waals surface area contributed by atoms with E-state index in [9.17, 15) is 9.59 Å². The number of amides is 2. The fraction of sp³-hybridized carbons (Fsp3) is 0.231. The highest BCUT2D eigenvalue weighted by atomic mass is 16.2. The molecule has 0 aliphatic rings. The van der Waals surface area contributed by atoms with Gasteiger partial charge in [-0.25, -0.2) is 0 Å². The number of carbonyl (C=O) groups excluding carboxylic acids is 2. The van der Waals surface area contributed by atoms with Crippen LogP contribution in [0, 0.1) is 19.3 Å². The Kier molecular flexibility index (Phi) is 4.46. The van der Waals surface area contributed by atoms with Crippen LogP contribution in [0.2, 0.25) is 0 Å². The highest BCUT2D eigenvalue weighted by Gasteiger charge is 2.13. The quantitative estimate of drug-likeness (QED) is 0.669. The van der Waals surface area contributed by atoms with E-state index < -0.39 is 11.9 Å². The van der Waals surface area contributed by atoms with Crippen LogP contribution >= 0.6 is 0 Å². The summed E-state index contributed by atoms with van der Waals surface area (Å²) < 4.78 is 0. The number of carbonyl (C=O) groups is 2. The minimum atomic E-state index is -0.745. The van der Waals surface area contributed by atoms with Crippen LogP contribution in [-0.2, 0) is 4.79 Å². The van der Waals surface area contributed by atoms with Crippen LogP contribution < -0.4 is 16.8 Å². The fourth-order valence-electron chi connectivity index (χ4n) is 1.40. The molecule has 0 heterocycles. The van der Waals surface area contributed by atoms with Crippen molar-refractivity contribution in [3.63, 3.8) is 0 Å². The Morgan fingerprint density at radius 2 is 2.17 bits per heavy atom. The second-order valence-electron chi connectivity index (χ2n) is 3.90. The van der Waals surface area contributed by atoms with Gasteiger partial charge in [0.05, 0.1) is 6.04 Å². The van der Waals surface area contributed by atoms with E-state index in [0.717, 1.165) is 5.56 Å². The molecule has 1 aromatic rings. The van der Waals surface area contributed by atoms with Crippen molar-refractivity contribution in [1.29, 1.82) is 0 Å². The zero-order valence-electron chi connectivity index (χ0n) is 10.1. The second kappa shape index (κ2) is 5.84. The summed E-state index contributed by atoms with van der Waals surface area (Å²) in [5, 5.41) is 2.65. The molecule has 18 heavy (non-hydrogen) atoms. The molecule has 0 saturated heterocycles. The summed E-state index contributed by atoms with van der Waals surface area (Å²) in [4.78, 5) is 22.6. The predicted molar refractivity (Wildman–Crippen MR) is 69.8 cm³/mol. The average Bonchev–Trinajstić information content (AvgIpc) is 2.31. The van der Waals surface area contributed by atoms with Gasteiger partial charge in [-0.2, -0.15) is 0 Å². The Labute approximate surface area is 106 Å². The van der Waals surface area contributed by atoms with E-state index in [4.69, 9.17) is 17.9 Å². The minimum Gasteiger partial charge on any atom is -0.366 e. The van der Waals surface area contributed by atoms with E-state index in [1.165, 1.54) is 6.07 Å². The Morgan fingerprint density at radius 3 is 2.67 bits per heavy atom. The summed E-state index contributed by atoms with van der Waals surface area (Å²) in [6, 6.07) is 4.00. The van der Waals surface area contributed by atoms with Crippen molar-refractivity contribution >= 4 is 17.5 Å². The summed E-state index contributed by atoms with van der Waals surface area (Å²) in [7, 11) is 0. The lowest BCUT2D eigenvalue weighted by Crippen LogP contribution is -2.35. The molecular formula is C13H15N3O2. The Bertz CT molecular complexity index is 517. The zero-order chi connectivity index (χ0) is 13.7. The van der Waals surface area contributed by atoms with E-state index in [-0.39, 0.29) is 12.3 Å². The highest BCUT2D eigenvalue weighted by Crippen LogP contribution is 2.16. The third kappa shape index (κ3) is 3.34. The number of terminal acetylenes is 1. The van der Waals surface area contributed by atoms with Crippen LogP contribution in [0.1, 0.15) is 22.3 Å². The molecule has 0 saturated carbocycles. The van der Waals surface area contributed by atoms with Gasteiger partial charge in [-0.1, -0.05) is 0 Å². The molecule has 5 N–H and O–H groups in total. The van der Waals surface area contributed by atoms with Gasteiger partial charge in [0.25, 0.3) is 0 Å². The van der Waals surface area contributed by atoms with Gasteiger partial charge in [0.1, 0.15) is 0 Å². The first-order chi connectivity index (χ1) is 8.45. The lowest BCUT2D eigenvalue weighted by Gasteiger charge is -2.12. The molecule has 1 rings (SSSR count). The number of rotatable bonds is 4. The van der Waals surface area contributed by atoms with Crippen LogP contribution in [0.15, 0.2) is 18.2 Å². The van der Waals surface area contributed by atoms with Crippen LogP contribution in [-0.4, -0.2) is 17.9 Å². The zero-order valence-corrected chi connectivity index (χ0v) is 10.1. The molecule has 94 valence electrons. The molecule has 1 atom stereocenters. The number of nitrogens with one attached hydrogen (secondary N) is 1. The minimum absolute atomic E-state index is 0.171. The molecule has 5 heteroatoms. The summed E-state index contributed by atoms with van der Waals surface area (Å²) in [5.74, 6) is 1.45. The summed E-state index contributed by atoms with van der Waals surface area (Å²) in [6.45, 7) is 1.76. The Hall–Kier alpha value is -2.32. The van der Waals surface area contributed by atoms with E-state index in [2.05, 4.69) is 11.2 Å². The van der Waals surface area contributed by atoms with Crippen molar-refractivity contribution < 1.29 is 9.59 Å². The molecule has 0 bridgehead atoms. The van der Waals surface area contributed by atoms with Gasteiger partial charge in [-0.05, 0) is 30.7 Å². The summed E-state index contributed by atoms with van der Waals surface area (Å²) >= 11 is 0. The van der Waals surface area contributed by atoms with Crippen molar-refractivity contribution in [2.45, 2.75) is 19.4 Å². The van der Waals surface area contributed by atoms with Gasteiger partial charge >= 0.3 is 0 Å². The predicted octanol–water partition coefficient (Wildman–Crippen LogP) is 0.383. The van der Waals surface area contributed by atoms with Gasteiger partial charge < -0.3 is 16.8 Å². The summed E-state index contributed by atoms with van der Waals surface area (Å²) in [5.41, 5.74) is 12.4. The van der Waals surface area contributed by atoms with Crippen molar-refractivity contribution in [3.8, 4) is 12.3 Å². The third-order valence-electron chi connectivity index (χ3n) is 2.44. The number of benzene rings is 1. The first-order valence-electron chi connectivity index (χ1n) is 5.36. The molecule has 5 nitrogen and oxygen atoms in total. The monoisotopic (exact) mass is 245 g/mol. The normalized spacial score (nSPS) is 11.4. The van der Waals surface area contributed by atoms with Crippen LogP contribution in [0.5, 0.6) is 0 Å². The van der Waals surface area contributed by atoms with E-state index in [0.29, 0.717) is 11.3 Å². The molecule has 0 spiro atoms. The topological polar surface area (TPSA) is 98.2 Å². The smallest absolute Gasteiger partial charge is 0.248 e. The first-order valence-corrected chi connectivity index (χ1v) is 5.36. The van der Waals surface area contributed by atoms with Gasteiger partial charge in [0.2, 0.25) is 11.8 Å². The fourth-order valence-corrected chi connectivity index (χ4v) is 1.40. The summed E-state index contributed by atoms with van der Waals surface area (Å²) in [6.07, 6.45) is 5.25. The lowest BCUT2D eigenvalue weighted by atomic mass is 10.1. The van der Waals surface area contributed by atoms with Crippen molar-refractivity contribution in [1.82, 2.24) is 0 Å². The molecule has 1 aromatic carbocycles. The SMILES string of the molecule is C#CCC(N)C(=O)Nc1ccc(C(N)=O)cc1C. The number of nitrogens with two attached hydrogens (primary N) is 2. The third-order valence-corrected chi connectivity index (χ3v) is 2.44. The molecule has 0 aliphatic heterocycles. The largest absolute Gasteiger partial charge is 0.366 e. The molecule has 0 fully saturated rings. The van der Waals surface area contributed by atoms with Crippen LogP contribution in [0.25, 0.3) is 0 Å². The second-order valence-corrected chi connectivity index (χ2v) is 3.90. The maximum absolute atomic E-state index is 11.7. The number of hydrogen-bond acceptors (Lipinski definition) is 3. The van der Waals surface area contributed by atoms with Gasteiger partial charge in [0, 0.05) is 17.7 Å². The Balaban J connectivity index is 2.83. The van der Waals surface area contributed by atoms with Crippen molar-refractivity contribution in [2.24, 2.45) is 11.5 Å². The van der Waals surface area contributed by atoms with Crippen LogP contribution in [0.3, 0.4) is 0 Å². The maximum Gasteiger partial charge on any atom is 0.248 e. The van der Waals surface area contributed by atoms with Crippen molar-refractivity contribution in [2.75, 3.05) is 5.32 Å². The molecule has 0 radical (unpaired) electrons. The molecular weight excluding hydrogens is 230 g/mol. The van der Waals surface area contributed by atoms with E-state index in [1.807, 2.05) is 0 Å². The highest BCUT2D eigenvalue weighted by molar-refractivity contribution is 5.97. The Morgan fingerprint density at radius 1 is 1.50 bits per heavy atom. The van der Waals surface area contributed by atoms with Crippen molar-refractivity contribution in [3.05, 3.63) is 29.3 Å². The molecule has 1 unspecified atom stereocenters. The lowest BCUT2D eigenvalue weighted by molar-refractivity contribution is -0.117. The number of primary amides is 1. The van der Waals surface area contributed by atoms with Gasteiger partial charge in [-0.15, -0.1) is 12.3 Å². The van der Waals surface area contributed by atoms with Gasteiger partial charge in [0.15, 0.2) is 0 Å². The number of hydrogen-bond donors (Lipinski definition) is 3. The average molecular weight is 245 g/mol. The standard InChI is InChI=1S/C13H15N3O2/c1-3-4-10(14)13(18)16-11-6-5-9(12(15)17)7-8(11)2/h1,5-7,10H,4,14H2,2H3,(H2,15,17)(H,16,18). The first kappa shape index (κ1) is 13.7. The molecule has 2 amide bonds. The van der Waals surface area contributed by atoms with Crippen LogP contribution in [0.4, 0.5) is 5.69 Å². The number of aryl methyl sites for hydroxylation is 1. The van der Waals surface area contributed by atoms with E-state index >= 15 is 0 Å². The number of anilines is 1. The maximum atomic E-state index is 11.7. The molecule has 0 aromatic heterocycles. The molecule has 0 aliphatic carbocycles. The van der Waals surface area contributed by atoms with E-state index in [1.54, 1.807) is 19.1 Å².